The maximum Gasteiger partial charge on any atom is 0.254 e. The highest BCUT2D eigenvalue weighted by molar-refractivity contribution is 5.96. The van der Waals surface area contributed by atoms with Gasteiger partial charge in [0.2, 0.25) is 5.91 Å². The number of carbonyl (C=O) groups is 2. The molecular weight excluding hydrogens is 456 g/mol. The molecule has 190 valence electrons. The van der Waals surface area contributed by atoms with Gasteiger partial charge >= 0.3 is 0 Å². The topological polar surface area (TPSA) is 72.2 Å². The van der Waals surface area contributed by atoms with E-state index in [1.165, 1.54) is 4.90 Å². The van der Waals surface area contributed by atoms with E-state index in [9.17, 15) is 9.59 Å². The van der Waals surface area contributed by atoms with E-state index in [4.69, 9.17) is 13.9 Å². The number of carbonyl (C=O) groups excluding carboxylic acids is 2. The number of furan rings is 1. The van der Waals surface area contributed by atoms with Crippen molar-refractivity contribution in [3.8, 4) is 11.5 Å². The normalized spacial score (nSPS) is 10.6. The molecule has 2 amide bonds. The molecule has 7 heteroatoms. The molecule has 0 aliphatic carbocycles. The smallest absolute Gasteiger partial charge is 0.254 e. The molecule has 2 aromatic carbocycles. The number of rotatable bonds is 12. The van der Waals surface area contributed by atoms with E-state index < -0.39 is 0 Å². The molecule has 0 atom stereocenters. The number of amides is 2. The maximum absolute atomic E-state index is 13.5. The van der Waals surface area contributed by atoms with Crippen LogP contribution in [0, 0.1) is 13.8 Å². The predicted molar refractivity (Wildman–Crippen MR) is 139 cm³/mol. The van der Waals surface area contributed by atoms with Crippen molar-refractivity contribution in [2.45, 2.75) is 26.8 Å². The van der Waals surface area contributed by atoms with Crippen LogP contribution in [-0.4, -0.2) is 55.5 Å². The molecule has 0 unspecified atom stereocenters. The fraction of sp³-hybridized carbons (Fsp3) is 0.310. The highest BCUT2D eigenvalue weighted by Crippen LogP contribution is 2.28. The number of methoxy groups -OCH3 is 2. The van der Waals surface area contributed by atoms with Gasteiger partial charge in [-0.3, -0.25) is 9.59 Å². The molecule has 1 heterocycles. The standard InChI is InChI=1S/C29H34N2O5/c1-6-16-31(29(33)24-11-7-21(2)8-12-24)20-28(32)30(19-25-13-9-22(3)36-25)17-15-23-10-14-26(34-4)27(18-23)35-5/h6-14,18H,1,15-17,19-20H2,2-5H3. The molecule has 36 heavy (non-hydrogen) atoms. The Kier molecular flexibility index (Phi) is 9.33. The number of hydrogen-bond donors (Lipinski definition) is 0. The van der Waals surface area contributed by atoms with Crippen LogP contribution in [0.1, 0.15) is 33.0 Å². The molecule has 1 aromatic heterocycles. The van der Waals surface area contributed by atoms with Gasteiger partial charge in [-0.25, -0.2) is 0 Å². The van der Waals surface area contributed by atoms with Crippen LogP contribution >= 0.6 is 0 Å². The molecular formula is C29H34N2O5. The minimum atomic E-state index is -0.211. The Morgan fingerprint density at radius 1 is 0.944 bits per heavy atom. The Bertz CT molecular complexity index is 1180. The molecule has 0 aliphatic heterocycles. The van der Waals surface area contributed by atoms with Crippen molar-refractivity contribution in [2.24, 2.45) is 0 Å². The van der Waals surface area contributed by atoms with Crippen molar-refractivity contribution >= 4 is 11.8 Å². The number of ether oxygens (including phenoxy) is 2. The van der Waals surface area contributed by atoms with E-state index in [-0.39, 0.29) is 24.9 Å². The minimum absolute atomic E-state index is 0.0651. The van der Waals surface area contributed by atoms with Crippen LogP contribution in [0.5, 0.6) is 11.5 Å². The fourth-order valence-corrected chi connectivity index (χ4v) is 3.87. The average Bonchev–Trinajstić information content (AvgIpc) is 3.30. The zero-order chi connectivity index (χ0) is 26.1. The SMILES string of the molecule is C=CCN(CC(=O)N(CCc1ccc(OC)c(OC)c1)Cc1ccc(C)o1)C(=O)c1ccc(C)cc1. The van der Waals surface area contributed by atoms with Crippen molar-refractivity contribution in [1.29, 1.82) is 0 Å². The Hall–Kier alpha value is -4.00. The Balaban J connectivity index is 1.78. The van der Waals surface area contributed by atoms with Gasteiger partial charge in [0.05, 0.1) is 20.8 Å². The molecule has 7 nitrogen and oxygen atoms in total. The second-order valence-corrected chi connectivity index (χ2v) is 8.61. The molecule has 0 fully saturated rings. The van der Waals surface area contributed by atoms with Crippen LogP contribution in [0.25, 0.3) is 0 Å². The Labute approximate surface area is 212 Å². The summed E-state index contributed by atoms with van der Waals surface area (Å²) in [6.07, 6.45) is 2.22. The van der Waals surface area contributed by atoms with Crippen LogP contribution in [-0.2, 0) is 17.8 Å². The van der Waals surface area contributed by atoms with E-state index in [0.29, 0.717) is 42.3 Å². The van der Waals surface area contributed by atoms with Gasteiger partial charge in [0, 0.05) is 18.7 Å². The lowest BCUT2D eigenvalue weighted by Crippen LogP contribution is -2.43. The van der Waals surface area contributed by atoms with Gasteiger partial charge in [0.1, 0.15) is 18.1 Å². The second kappa shape index (κ2) is 12.6. The first kappa shape index (κ1) is 26.6. The number of aryl methyl sites for hydroxylation is 2. The molecule has 0 saturated carbocycles. The maximum atomic E-state index is 13.5. The molecule has 3 aromatic rings. The van der Waals surface area contributed by atoms with Crippen LogP contribution in [0.3, 0.4) is 0 Å². The minimum Gasteiger partial charge on any atom is -0.493 e. The average molecular weight is 491 g/mol. The molecule has 0 aliphatic rings. The highest BCUT2D eigenvalue weighted by atomic mass is 16.5. The molecule has 0 N–H and O–H groups in total. The molecule has 0 saturated heterocycles. The van der Waals surface area contributed by atoms with Gasteiger partial charge in [0.15, 0.2) is 11.5 Å². The number of benzene rings is 2. The lowest BCUT2D eigenvalue weighted by Gasteiger charge is -2.27. The lowest BCUT2D eigenvalue weighted by molar-refractivity contribution is -0.132. The third kappa shape index (κ3) is 7.01. The van der Waals surface area contributed by atoms with E-state index in [1.807, 2.05) is 56.3 Å². The highest BCUT2D eigenvalue weighted by Gasteiger charge is 2.23. The van der Waals surface area contributed by atoms with Crippen LogP contribution < -0.4 is 9.47 Å². The van der Waals surface area contributed by atoms with Crippen molar-refractivity contribution in [2.75, 3.05) is 33.9 Å². The first-order valence-corrected chi connectivity index (χ1v) is 11.9. The van der Waals surface area contributed by atoms with Gasteiger partial charge < -0.3 is 23.7 Å². The Morgan fingerprint density at radius 2 is 1.67 bits per heavy atom. The number of nitrogens with zero attached hydrogens (tertiary/aromatic N) is 2. The van der Waals surface area contributed by atoms with Crippen LogP contribution in [0.4, 0.5) is 0 Å². The summed E-state index contributed by atoms with van der Waals surface area (Å²) in [5.74, 6) is 2.36. The van der Waals surface area contributed by atoms with Crippen molar-refractivity contribution in [1.82, 2.24) is 9.80 Å². The third-order valence-corrected chi connectivity index (χ3v) is 5.88. The lowest BCUT2D eigenvalue weighted by atomic mass is 10.1. The van der Waals surface area contributed by atoms with E-state index in [1.54, 1.807) is 37.3 Å². The van der Waals surface area contributed by atoms with E-state index in [2.05, 4.69) is 6.58 Å². The van der Waals surface area contributed by atoms with E-state index in [0.717, 1.165) is 16.9 Å². The summed E-state index contributed by atoms with van der Waals surface area (Å²) in [5, 5.41) is 0. The van der Waals surface area contributed by atoms with Crippen molar-refractivity contribution < 1.29 is 23.5 Å². The van der Waals surface area contributed by atoms with Gasteiger partial charge in [0.25, 0.3) is 5.91 Å². The molecule has 0 radical (unpaired) electrons. The first-order valence-electron chi connectivity index (χ1n) is 11.9. The van der Waals surface area contributed by atoms with E-state index >= 15 is 0 Å². The number of hydrogen-bond acceptors (Lipinski definition) is 5. The van der Waals surface area contributed by atoms with Gasteiger partial charge in [-0.1, -0.05) is 29.8 Å². The zero-order valence-electron chi connectivity index (χ0n) is 21.5. The summed E-state index contributed by atoms with van der Waals surface area (Å²) in [7, 11) is 3.19. The fourth-order valence-electron chi connectivity index (χ4n) is 3.87. The van der Waals surface area contributed by atoms with Gasteiger partial charge in [-0.15, -0.1) is 6.58 Å². The van der Waals surface area contributed by atoms with Gasteiger partial charge in [-0.2, -0.15) is 0 Å². The molecule has 0 bridgehead atoms. The monoisotopic (exact) mass is 490 g/mol. The summed E-state index contributed by atoms with van der Waals surface area (Å²) in [6, 6.07) is 16.8. The van der Waals surface area contributed by atoms with Crippen LogP contribution in [0.2, 0.25) is 0 Å². The quantitative estimate of drug-likeness (QED) is 0.341. The largest absolute Gasteiger partial charge is 0.493 e. The zero-order valence-corrected chi connectivity index (χ0v) is 21.5. The van der Waals surface area contributed by atoms with Crippen molar-refractivity contribution in [3.05, 3.63) is 95.5 Å². The third-order valence-electron chi connectivity index (χ3n) is 5.88. The predicted octanol–water partition coefficient (Wildman–Crippen LogP) is 4.81. The summed E-state index contributed by atoms with van der Waals surface area (Å²) >= 11 is 0. The van der Waals surface area contributed by atoms with Crippen molar-refractivity contribution in [3.63, 3.8) is 0 Å². The summed E-state index contributed by atoms with van der Waals surface area (Å²) < 4.78 is 16.5. The van der Waals surface area contributed by atoms with Gasteiger partial charge in [-0.05, 0) is 62.2 Å². The van der Waals surface area contributed by atoms with Crippen LogP contribution in [0.15, 0.2) is 71.7 Å². The summed E-state index contributed by atoms with van der Waals surface area (Å²) in [6.45, 7) is 8.54. The molecule has 3 rings (SSSR count). The molecule has 0 spiro atoms. The summed E-state index contributed by atoms with van der Waals surface area (Å²) in [5.41, 5.74) is 2.60. The second-order valence-electron chi connectivity index (χ2n) is 8.61. The Morgan fingerprint density at radius 3 is 2.28 bits per heavy atom. The first-order chi connectivity index (χ1) is 17.3. The summed E-state index contributed by atoms with van der Waals surface area (Å²) in [4.78, 5) is 29.9.